The zero-order valence-electron chi connectivity index (χ0n) is 13.6. The average molecular weight is 358 g/mol. The molecule has 0 saturated heterocycles. The highest BCUT2D eigenvalue weighted by atomic mass is 19.5. The molecular weight excluding hydrogens is 343 g/mol. The molecule has 26 heavy (non-hydrogen) atoms. The molecule has 0 aliphatic rings. The molecule has 0 radical (unpaired) electrons. The predicted molar refractivity (Wildman–Crippen MR) is 95.0 cm³/mol. The molecule has 3 aromatic carbocycles. The van der Waals surface area contributed by atoms with Gasteiger partial charge in [0.15, 0.2) is 11.0 Å². The van der Waals surface area contributed by atoms with E-state index in [-0.39, 0.29) is 0 Å². The van der Waals surface area contributed by atoms with Gasteiger partial charge in [-0.1, -0.05) is 48.5 Å². The minimum absolute atomic E-state index is 1.17. The molecule has 0 unspecified atom stereocenters. The van der Waals surface area contributed by atoms with Crippen LogP contribution in [0, 0.1) is 0 Å². The highest BCUT2D eigenvalue weighted by Crippen LogP contribution is 2.18. The monoisotopic (exact) mass is 358 g/mol. The van der Waals surface area contributed by atoms with E-state index in [0.717, 1.165) is 0 Å². The van der Waals surface area contributed by atoms with Gasteiger partial charge in [0.05, 0.1) is 0 Å². The van der Waals surface area contributed by atoms with Gasteiger partial charge in [0, 0.05) is 0 Å². The second-order valence-electron chi connectivity index (χ2n) is 5.51. The zero-order valence-corrected chi connectivity index (χ0v) is 13.6. The van der Waals surface area contributed by atoms with Crippen LogP contribution in [0.15, 0.2) is 91.3 Å². The Morgan fingerprint density at radius 2 is 1.15 bits per heavy atom. The fourth-order valence-corrected chi connectivity index (χ4v) is 2.70. The Labute approximate surface area is 148 Å². The number of fused-ring (bicyclic) bond motifs is 1. The first-order valence-electron chi connectivity index (χ1n) is 7.93. The van der Waals surface area contributed by atoms with Crippen LogP contribution in [0.2, 0.25) is 0 Å². The molecule has 0 aliphatic carbocycles. The topological polar surface area (TPSA) is 8.81 Å². The van der Waals surface area contributed by atoms with Crippen LogP contribution in [0.1, 0.15) is 0 Å². The summed E-state index contributed by atoms with van der Waals surface area (Å²) in [5.41, 5.74) is 4.74. The van der Waals surface area contributed by atoms with Crippen molar-refractivity contribution in [3.63, 3.8) is 0 Å². The summed E-state index contributed by atoms with van der Waals surface area (Å²) in [5.74, 6) is 0. The van der Waals surface area contributed by atoms with Gasteiger partial charge >= 0.3 is 7.25 Å². The third kappa shape index (κ3) is 4.30. The second-order valence-corrected chi connectivity index (χ2v) is 5.51. The van der Waals surface area contributed by atoms with E-state index in [0.29, 0.717) is 0 Å². The molecule has 4 rings (SSSR count). The van der Waals surface area contributed by atoms with Crippen molar-refractivity contribution in [3.05, 3.63) is 91.3 Å². The summed E-state index contributed by atoms with van der Waals surface area (Å²) in [6, 6.07) is 29.3. The van der Waals surface area contributed by atoms with Crippen molar-refractivity contribution < 1.29 is 21.8 Å². The van der Waals surface area contributed by atoms with Gasteiger partial charge in [-0.05, 0) is 36.4 Å². The summed E-state index contributed by atoms with van der Waals surface area (Å²) < 4.78 is 43.4. The molecule has 2 nitrogen and oxygen atoms in total. The van der Waals surface area contributed by atoms with Crippen LogP contribution in [-0.2, 0) is 0 Å². The molecule has 0 atom stereocenters. The molecule has 0 amide bonds. The van der Waals surface area contributed by atoms with Crippen molar-refractivity contribution in [1.29, 1.82) is 0 Å². The number of aromatic nitrogens is 2. The molecule has 0 spiro atoms. The maximum absolute atomic E-state index is 9.75. The molecule has 0 aliphatic heterocycles. The summed E-state index contributed by atoms with van der Waals surface area (Å²) in [6.45, 7) is 0. The quantitative estimate of drug-likeness (QED) is 0.264. The van der Waals surface area contributed by atoms with Crippen molar-refractivity contribution in [1.82, 2.24) is 4.57 Å². The Balaban J connectivity index is 0.000000349. The summed E-state index contributed by atoms with van der Waals surface area (Å²) in [4.78, 5) is 0. The van der Waals surface area contributed by atoms with Crippen LogP contribution < -0.4 is 4.57 Å². The minimum atomic E-state index is -6.00. The van der Waals surface area contributed by atoms with Crippen LogP contribution in [0.5, 0.6) is 0 Å². The number of hydrogen-bond acceptors (Lipinski definition) is 0. The third-order valence-electron chi connectivity index (χ3n) is 3.70. The van der Waals surface area contributed by atoms with Gasteiger partial charge in [0.2, 0.25) is 0 Å². The Morgan fingerprint density at radius 3 is 1.77 bits per heavy atom. The fourth-order valence-electron chi connectivity index (χ4n) is 2.70. The summed E-state index contributed by atoms with van der Waals surface area (Å²) in [7, 11) is -6.00. The SMILES string of the molecule is F[B-](F)(F)F.c1ccc(-n2c[n+](-c3ccccc3)c3ccccc32)cc1. The molecule has 1 aromatic heterocycles. The lowest BCUT2D eigenvalue weighted by molar-refractivity contribution is -0.567. The number of para-hydroxylation sites is 4. The average Bonchev–Trinajstić information content (AvgIpc) is 3.02. The molecule has 0 saturated carbocycles. The van der Waals surface area contributed by atoms with Crippen molar-refractivity contribution in [2.75, 3.05) is 0 Å². The highest BCUT2D eigenvalue weighted by Gasteiger charge is 2.20. The lowest BCUT2D eigenvalue weighted by Gasteiger charge is -1.95. The van der Waals surface area contributed by atoms with Crippen molar-refractivity contribution >= 4 is 18.3 Å². The van der Waals surface area contributed by atoms with Crippen molar-refractivity contribution in [2.24, 2.45) is 0 Å². The number of imidazole rings is 1. The first-order chi connectivity index (χ1) is 12.4. The normalized spacial score (nSPS) is 11.1. The molecule has 7 heteroatoms. The Kier molecular flexibility index (Phi) is 5.07. The second kappa shape index (κ2) is 7.43. The highest BCUT2D eigenvalue weighted by molar-refractivity contribution is 6.50. The number of halogens is 4. The van der Waals surface area contributed by atoms with Crippen LogP contribution in [0.25, 0.3) is 22.4 Å². The first kappa shape index (κ1) is 17.7. The summed E-state index contributed by atoms with van der Waals surface area (Å²) in [6.07, 6.45) is 2.15. The van der Waals surface area contributed by atoms with Gasteiger partial charge in [-0.2, -0.15) is 9.13 Å². The van der Waals surface area contributed by atoms with E-state index in [1.807, 2.05) is 12.1 Å². The molecule has 1 heterocycles. The zero-order chi connectivity index (χ0) is 18.6. The van der Waals surface area contributed by atoms with Crippen LogP contribution in [-0.4, -0.2) is 11.8 Å². The maximum atomic E-state index is 9.75. The largest absolute Gasteiger partial charge is 0.673 e. The standard InChI is InChI=1S/C19H15N2.BF4/c1-3-9-16(10-4-1)20-15-21(17-11-5-2-6-12-17)19-14-8-7-13-18(19)20;2-1(3,4)5/h1-15H;/q+1;-1. The molecule has 132 valence electrons. The smallest absolute Gasteiger partial charge is 0.418 e. The Hall–Kier alpha value is -3.09. The number of rotatable bonds is 2. The van der Waals surface area contributed by atoms with E-state index >= 15 is 0 Å². The Morgan fingerprint density at radius 1 is 0.654 bits per heavy atom. The molecule has 4 aromatic rings. The van der Waals surface area contributed by atoms with E-state index < -0.39 is 7.25 Å². The predicted octanol–water partition coefficient (Wildman–Crippen LogP) is 5.21. The number of nitrogens with zero attached hydrogens (tertiary/aromatic N) is 2. The van der Waals surface area contributed by atoms with Gasteiger partial charge in [-0.3, -0.25) is 0 Å². The fraction of sp³-hybridized carbons (Fsp3) is 0. The molecule has 0 fully saturated rings. The van der Waals surface area contributed by atoms with Gasteiger partial charge < -0.3 is 17.3 Å². The minimum Gasteiger partial charge on any atom is -0.418 e. The molecule has 0 N–H and O–H groups in total. The number of benzene rings is 3. The van der Waals surface area contributed by atoms with Gasteiger partial charge in [-0.25, -0.2) is 0 Å². The van der Waals surface area contributed by atoms with Crippen LogP contribution >= 0.6 is 0 Å². The number of hydrogen-bond donors (Lipinski definition) is 0. The van der Waals surface area contributed by atoms with Gasteiger partial charge in [0.1, 0.15) is 11.4 Å². The lowest BCUT2D eigenvalue weighted by Crippen LogP contribution is -2.28. The molecule has 0 bridgehead atoms. The van der Waals surface area contributed by atoms with Crippen LogP contribution in [0.4, 0.5) is 17.3 Å². The maximum Gasteiger partial charge on any atom is 0.673 e. The van der Waals surface area contributed by atoms with E-state index in [4.69, 9.17) is 0 Å². The van der Waals surface area contributed by atoms with E-state index in [2.05, 4.69) is 88.3 Å². The van der Waals surface area contributed by atoms with Crippen molar-refractivity contribution in [2.45, 2.75) is 0 Å². The van der Waals surface area contributed by atoms with Gasteiger partial charge in [0.25, 0.3) is 6.33 Å². The van der Waals surface area contributed by atoms with E-state index in [9.17, 15) is 17.3 Å². The Bertz CT molecular complexity index is 903. The summed E-state index contributed by atoms with van der Waals surface area (Å²) in [5, 5.41) is 0. The third-order valence-corrected chi connectivity index (χ3v) is 3.70. The lowest BCUT2D eigenvalue weighted by atomic mass is 10.2. The van der Waals surface area contributed by atoms with E-state index in [1.165, 1.54) is 22.4 Å². The van der Waals surface area contributed by atoms with E-state index in [1.54, 1.807) is 0 Å². The van der Waals surface area contributed by atoms with Crippen LogP contribution in [0.3, 0.4) is 0 Å². The first-order valence-corrected chi connectivity index (χ1v) is 7.93. The molecular formula is C19H15BF4N2. The van der Waals surface area contributed by atoms with Gasteiger partial charge in [-0.15, -0.1) is 0 Å². The summed E-state index contributed by atoms with van der Waals surface area (Å²) >= 11 is 0. The van der Waals surface area contributed by atoms with Crippen molar-refractivity contribution in [3.8, 4) is 11.4 Å².